The molecular weight excluding hydrogens is 526 g/mol. The molecule has 0 amide bonds. The van der Waals surface area contributed by atoms with Crippen LogP contribution in [0.15, 0.2) is 64.0 Å². The molecule has 12 heteroatoms. The van der Waals surface area contributed by atoms with Crippen LogP contribution in [0, 0.1) is 0 Å². The summed E-state index contributed by atoms with van der Waals surface area (Å²) in [6.07, 6.45) is 0. The van der Waals surface area contributed by atoms with Crippen molar-refractivity contribution in [3.05, 3.63) is 59.1 Å². The Labute approximate surface area is 205 Å². The lowest BCUT2D eigenvalue weighted by atomic mass is 10.2. The molecule has 0 aliphatic rings. The molecule has 4 rings (SSSR count). The zero-order chi connectivity index (χ0) is 24.1. The van der Waals surface area contributed by atoms with E-state index in [-0.39, 0.29) is 23.8 Å². The lowest BCUT2D eigenvalue weighted by molar-refractivity contribution is 0.305. The minimum absolute atomic E-state index is 0.0354. The van der Waals surface area contributed by atoms with Crippen LogP contribution >= 0.6 is 15.9 Å². The Morgan fingerprint density at radius 3 is 2.56 bits per heavy atom. The van der Waals surface area contributed by atoms with Gasteiger partial charge >= 0.3 is 0 Å². The maximum Gasteiger partial charge on any atom is 0.244 e. The normalized spacial score (nSPS) is 11.5. The molecule has 0 spiro atoms. The Kier molecular flexibility index (Phi) is 7.29. The molecule has 0 bridgehead atoms. The van der Waals surface area contributed by atoms with E-state index in [0.29, 0.717) is 28.4 Å². The summed E-state index contributed by atoms with van der Waals surface area (Å²) in [6, 6.07) is 15.6. The third kappa shape index (κ3) is 5.29. The van der Waals surface area contributed by atoms with E-state index in [1.807, 2.05) is 24.3 Å². The highest BCUT2D eigenvalue weighted by atomic mass is 79.9. The van der Waals surface area contributed by atoms with Gasteiger partial charge in [-0.1, -0.05) is 15.9 Å². The van der Waals surface area contributed by atoms with Crippen molar-refractivity contribution in [3.63, 3.8) is 0 Å². The number of sulfonamides is 1. The topological polar surface area (TPSA) is 117 Å². The van der Waals surface area contributed by atoms with Crippen molar-refractivity contribution in [2.24, 2.45) is 0 Å². The number of rotatable bonds is 10. The minimum Gasteiger partial charge on any atom is -0.497 e. The largest absolute Gasteiger partial charge is 0.497 e. The molecule has 1 N–H and O–H groups in total. The van der Waals surface area contributed by atoms with Crippen LogP contribution in [-0.2, 0) is 10.0 Å². The molecule has 2 aromatic carbocycles. The lowest BCUT2D eigenvalue weighted by Gasteiger charge is -2.12. The van der Waals surface area contributed by atoms with Crippen molar-refractivity contribution < 1.29 is 22.6 Å². The van der Waals surface area contributed by atoms with Crippen LogP contribution in [-0.4, -0.2) is 55.1 Å². The van der Waals surface area contributed by atoms with Gasteiger partial charge in [-0.2, -0.15) is 4.52 Å². The zero-order valence-electron chi connectivity index (χ0n) is 18.4. The van der Waals surface area contributed by atoms with Gasteiger partial charge in [-0.05, 0) is 55.5 Å². The van der Waals surface area contributed by atoms with Gasteiger partial charge in [0.15, 0.2) is 11.5 Å². The molecule has 0 aliphatic carbocycles. The smallest absolute Gasteiger partial charge is 0.244 e. The predicted molar refractivity (Wildman–Crippen MR) is 129 cm³/mol. The first-order valence-electron chi connectivity index (χ1n) is 10.3. The number of benzene rings is 2. The Morgan fingerprint density at radius 2 is 1.82 bits per heavy atom. The van der Waals surface area contributed by atoms with Crippen LogP contribution in [0.25, 0.3) is 17.0 Å². The summed E-state index contributed by atoms with van der Waals surface area (Å²) >= 11 is 3.30. The zero-order valence-corrected chi connectivity index (χ0v) is 20.8. The Morgan fingerprint density at radius 1 is 1.03 bits per heavy atom. The molecule has 0 unspecified atom stereocenters. The third-order valence-corrected chi connectivity index (χ3v) is 6.70. The van der Waals surface area contributed by atoms with Crippen LogP contribution in [0.1, 0.15) is 6.92 Å². The molecule has 0 radical (unpaired) electrons. The van der Waals surface area contributed by atoms with E-state index in [0.717, 1.165) is 11.3 Å². The van der Waals surface area contributed by atoms with Gasteiger partial charge in [0.2, 0.25) is 15.9 Å². The SMILES string of the molecule is CCOc1ccc(Br)cc1S(=O)(=O)NCCOc1ccc2nnc(-c3ccc(OC)cc3)n2n1. The number of hydrogen-bond acceptors (Lipinski definition) is 8. The highest BCUT2D eigenvalue weighted by Gasteiger charge is 2.20. The molecule has 0 fully saturated rings. The summed E-state index contributed by atoms with van der Waals surface area (Å²) in [5, 5.41) is 12.8. The van der Waals surface area contributed by atoms with Gasteiger partial charge in [-0.3, -0.25) is 0 Å². The number of fused-ring (bicyclic) bond motifs is 1. The number of methoxy groups -OCH3 is 1. The average molecular weight is 548 g/mol. The summed E-state index contributed by atoms with van der Waals surface area (Å²) in [4.78, 5) is 0.0527. The van der Waals surface area contributed by atoms with E-state index in [4.69, 9.17) is 14.2 Å². The van der Waals surface area contributed by atoms with Gasteiger partial charge in [0, 0.05) is 22.6 Å². The summed E-state index contributed by atoms with van der Waals surface area (Å²) in [5.41, 5.74) is 1.36. The molecule has 34 heavy (non-hydrogen) atoms. The first-order chi connectivity index (χ1) is 16.4. The molecule has 0 aliphatic heterocycles. The summed E-state index contributed by atoms with van der Waals surface area (Å²) in [5.74, 6) is 1.86. The molecule has 4 aromatic rings. The van der Waals surface area contributed by atoms with Crippen LogP contribution in [0.5, 0.6) is 17.4 Å². The van der Waals surface area contributed by atoms with Crippen molar-refractivity contribution in [2.45, 2.75) is 11.8 Å². The van der Waals surface area contributed by atoms with Crippen LogP contribution in [0.4, 0.5) is 0 Å². The van der Waals surface area contributed by atoms with Gasteiger partial charge < -0.3 is 14.2 Å². The van der Waals surface area contributed by atoms with E-state index in [9.17, 15) is 8.42 Å². The average Bonchev–Trinajstić information content (AvgIpc) is 3.26. The molecular formula is C22H22BrN5O5S. The van der Waals surface area contributed by atoms with Crippen molar-refractivity contribution in [1.29, 1.82) is 0 Å². The highest BCUT2D eigenvalue weighted by molar-refractivity contribution is 9.10. The Bertz CT molecular complexity index is 1390. The van der Waals surface area contributed by atoms with Crippen molar-refractivity contribution in [3.8, 4) is 28.8 Å². The number of nitrogens with zero attached hydrogens (tertiary/aromatic N) is 4. The van der Waals surface area contributed by atoms with Crippen LogP contribution in [0.2, 0.25) is 0 Å². The standard InChI is InChI=1S/C22H22BrN5O5S/c1-3-32-18-9-6-16(23)14-19(18)34(29,30)24-12-13-33-21-11-10-20-25-26-22(28(20)27-21)15-4-7-17(31-2)8-5-15/h4-11,14,24H,3,12-13H2,1-2H3. The van der Waals surface area contributed by atoms with E-state index in [1.54, 1.807) is 42.8 Å². The minimum atomic E-state index is -3.81. The number of hydrogen-bond donors (Lipinski definition) is 1. The molecule has 178 valence electrons. The third-order valence-electron chi connectivity index (χ3n) is 4.73. The Hall–Kier alpha value is -3.22. The first-order valence-corrected chi connectivity index (χ1v) is 12.6. The van der Waals surface area contributed by atoms with Crippen LogP contribution < -0.4 is 18.9 Å². The van der Waals surface area contributed by atoms with E-state index >= 15 is 0 Å². The fourth-order valence-corrected chi connectivity index (χ4v) is 4.84. The maximum atomic E-state index is 12.8. The quantitative estimate of drug-likeness (QED) is 0.300. The predicted octanol–water partition coefficient (Wildman–Crippen LogP) is 3.32. The Balaban J connectivity index is 1.43. The molecule has 2 heterocycles. The van der Waals surface area contributed by atoms with Gasteiger partial charge in [-0.15, -0.1) is 15.3 Å². The fraction of sp³-hybridized carbons (Fsp3) is 0.227. The molecule has 2 aromatic heterocycles. The van der Waals surface area contributed by atoms with Crippen LogP contribution in [0.3, 0.4) is 0 Å². The molecule has 0 saturated heterocycles. The summed E-state index contributed by atoms with van der Waals surface area (Å²) in [7, 11) is -2.20. The number of aromatic nitrogens is 4. The van der Waals surface area contributed by atoms with Crippen molar-refractivity contribution >= 4 is 31.6 Å². The molecule has 0 saturated carbocycles. The second kappa shape index (κ2) is 10.4. The summed E-state index contributed by atoms with van der Waals surface area (Å²) < 4.78 is 46.6. The number of halogens is 1. The van der Waals surface area contributed by atoms with Gasteiger partial charge in [-0.25, -0.2) is 13.1 Å². The van der Waals surface area contributed by atoms with Gasteiger partial charge in [0.05, 0.1) is 13.7 Å². The lowest BCUT2D eigenvalue weighted by Crippen LogP contribution is -2.28. The monoisotopic (exact) mass is 547 g/mol. The molecule has 0 atom stereocenters. The highest BCUT2D eigenvalue weighted by Crippen LogP contribution is 2.27. The molecule has 10 nitrogen and oxygen atoms in total. The van der Waals surface area contributed by atoms with Crippen molar-refractivity contribution in [1.82, 2.24) is 24.5 Å². The summed E-state index contributed by atoms with van der Waals surface area (Å²) in [6.45, 7) is 2.24. The van der Waals surface area contributed by atoms with Gasteiger partial charge in [0.1, 0.15) is 23.0 Å². The first kappa shape index (κ1) is 23.9. The number of nitrogens with one attached hydrogen (secondary N) is 1. The maximum absolute atomic E-state index is 12.8. The van der Waals surface area contributed by atoms with E-state index in [2.05, 4.69) is 35.9 Å². The van der Waals surface area contributed by atoms with Crippen molar-refractivity contribution in [2.75, 3.05) is 26.9 Å². The second-order valence-electron chi connectivity index (χ2n) is 6.96. The van der Waals surface area contributed by atoms with E-state index in [1.165, 1.54) is 6.07 Å². The fourth-order valence-electron chi connectivity index (χ4n) is 3.15. The van der Waals surface area contributed by atoms with Gasteiger partial charge in [0.25, 0.3) is 0 Å². The number of ether oxygens (including phenoxy) is 3. The van der Waals surface area contributed by atoms with E-state index < -0.39 is 10.0 Å². The second-order valence-corrected chi connectivity index (χ2v) is 9.62.